The van der Waals surface area contributed by atoms with Gasteiger partial charge in [0.1, 0.15) is 18.7 Å². The molecule has 1 aromatic carbocycles. The summed E-state index contributed by atoms with van der Waals surface area (Å²) >= 11 is 0. The van der Waals surface area contributed by atoms with Crippen molar-refractivity contribution in [1.29, 1.82) is 0 Å². The third kappa shape index (κ3) is 3.26. The fraction of sp³-hybridized carbons (Fsp3) is 0.435. The first kappa shape index (κ1) is 19.7. The van der Waals surface area contributed by atoms with Crippen molar-refractivity contribution in [1.82, 2.24) is 24.7 Å². The van der Waals surface area contributed by atoms with Crippen LogP contribution in [-0.2, 0) is 4.79 Å². The van der Waals surface area contributed by atoms with E-state index in [0.717, 1.165) is 42.6 Å². The summed E-state index contributed by atoms with van der Waals surface area (Å²) in [7, 11) is 1.96. The van der Waals surface area contributed by atoms with Gasteiger partial charge in [-0.2, -0.15) is 14.8 Å². The average molecular weight is 418 g/mol. The molecule has 0 spiro atoms. The van der Waals surface area contributed by atoms with E-state index in [4.69, 9.17) is 4.98 Å². The fourth-order valence-electron chi connectivity index (χ4n) is 5.06. The maximum absolute atomic E-state index is 12.0. The van der Waals surface area contributed by atoms with Gasteiger partial charge in [-0.1, -0.05) is 50.1 Å². The van der Waals surface area contributed by atoms with Crippen molar-refractivity contribution >= 4 is 17.8 Å². The fourth-order valence-corrected chi connectivity index (χ4v) is 5.06. The molecule has 1 fully saturated rings. The van der Waals surface area contributed by atoms with Crippen molar-refractivity contribution in [3.05, 3.63) is 42.9 Å². The van der Waals surface area contributed by atoms with E-state index in [9.17, 15) is 4.79 Å². The molecule has 8 heteroatoms. The Morgan fingerprint density at radius 2 is 1.90 bits per heavy atom. The first-order valence-corrected chi connectivity index (χ1v) is 11.0. The zero-order valence-electron chi connectivity index (χ0n) is 17.9. The molecule has 2 aromatic heterocycles. The van der Waals surface area contributed by atoms with Crippen LogP contribution in [0.4, 0.5) is 11.5 Å². The van der Waals surface area contributed by atoms with Gasteiger partial charge in [0.15, 0.2) is 11.6 Å². The van der Waals surface area contributed by atoms with Crippen molar-refractivity contribution < 1.29 is 4.79 Å². The number of aldehydes is 1. The maximum Gasteiger partial charge on any atom is 0.254 e. The van der Waals surface area contributed by atoms with E-state index in [-0.39, 0.29) is 12.1 Å². The second kappa shape index (κ2) is 8.09. The van der Waals surface area contributed by atoms with E-state index in [1.807, 2.05) is 48.5 Å². The molecule has 3 aromatic rings. The van der Waals surface area contributed by atoms with Gasteiger partial charge in [0.05, 0.1) is 17.9 Å². The van der Waals surface area contributed by atoms with Gasteiger partial charge < -0.3 is 14.6 Å². The van der Waals surface area contributed by atoms with Gasteiger partial charge >= 0.3 is 0 Å². The molecule has 160 valence electrons. The summed E-state index contributed by atoms with van der Waals surface area (Å²) in [6, 6.07) is 10.2. The quantitative estimate of drug-likeness (QED) is 0.590. The maximum atomic E-state index is 12.0. The Bertz CT molecular complexity index is 1060. The highest BCUT2D eigenvalue weighted by atomic mass is 16.1. The summed E-state index contributed by atoms with van der Waals surface area (Å²) < 4.78 is 1.69. The largest absolute Gasteiger partial charge is 0.359 e. The predicted octanol–water partition coefficient (Wildman–Crippen LogP) is 3.27. The van der Waals surface area contributed by atoms with Crippen molar-refractivity contribution in [2.24, 2.45) is 0 Å². The number of benzene rings is 1. The summed E-state index contributed by atoms with van der Waals surface area (Å²) in [6.45, 7) is 2.15. The van der Waals surface area contributed by atoms with Crippen LogP contribution in [0.15, 0.2) is 42.9 Å². The highest BCUT2D eigenvalue weighted by molar-refractivity contribution is 5.79. The minimum absolute atomic E-state index is 0.0881. The number of carbonyl (C=O) groups is 1. The summed E-state index contributed by atoms with van der Waals surface area (Å²) in [5, 5.41) is 4.42. The second-order valence-corrected chi connectivity index (χ2v) is 8.30. The highest BCUT2D eigenvalue weighted by Crippen LogP contribution is 2.41. The summed E-state index contributed by atoms with van der Waals surface area (Å²) in [5.74, 6) is 2.08. The van der Waals surface area contributed by atoms with Gasteiger partial charge in [0.2, 0.25) is 0 Å². The Hall–Kier alpha value is -3.29. The molecule has 8 nitrogen and oxygen atoms in total. The van der Waals surface area contributed by atoms with Crippen LogP contribution in [0.2, 0.25) is 0 Å². The number of nitrogens with zero attached hydrogens (tertiary/aromatic N) is 7. The standard InChI is InChI=1S/C23H27N7O/c1-3-18-20(14-31)28(2)19-13-24-23(27-22(19)29(18)17-11-7-8-12-17)30-21(25-15-26-30)16-9-5-4-6-10-16/h4-6,9-10,13-15,17-18,20H,3,7-8,11-12H2,1-2H3. The van der Waals surface area contributed by atoms with Crippen LogP contribution in [0.1, 0.15) is 39.0 Å². The lowest BCUT2D eigenvalue weighted by Gasteiger charge is -2.48. The van der Waals surface area contributed by atoms with Gasteiger partial charge in [-0.25, -0.2) is 9.97 Å². The van der Waals surface area contributed by atoms with Crippen LogP contribution < -0.4 is 9.80 Å². The Morgan fingerprint density at radius 1 is 1.13 bits per heavy atom. The summed E-state index contributed by atoms with van der Waals surface area (Å²) in [5.41, 5.74) is 1.84. The average Bonchev–Trinajstić information content (AvgIpc) is 3.51. The molecule has 0 radical (unpaired) electrons. The molecule has 2 unspecified atom stereocenters. The molecule has 5 rings (SSSR count). The first-order valence-electron chi connectivity index (χ1n) is 11.0. The van der Waals surface area contributed by atoms with E-state index < -0.39 is 0 Å². The van der Waals surface area contributed by atoms with Crippen LogP contribution in [0.5, 0.6) is 0 Å². The van der Waals surface area contributed by atoms with Crippen LogP contribution in [0.25, 0.3) is 17.3 Å². The topological polar surface area (TPSA) is 80.0 Å². The molecule has 0 amide bonds. The number of anilines is 2. The minimum atomic E-state index is -0.209. The molecule has 1 aliphatic carbocycles. The van der Waals surface area contributed by atoms with E-state index in [2.05, 4.69) is 26.9 Å². The Kier molecular flexibility index (Phi) is 5.13. The molecular formula is C23H27N7O. The van der Waals surface area contributed by atoms with Gasteiger partial charge in [0.25, 0.3) is 5.95 Å². The number of likely N-dealkylation sites (N-methyl/N-ethyl adjacent to an activating group) is 1. The number of hydrogen-bond acceptors (Lipinski definition) is 7. The van der Waals surface area contributed by atoms with Crippen LogP contribution >= 0.6 is 0 Å². The lowest BCUT2D eigenvalue weighted by Crippen LogP contribution is -2.58. The monoisotopic (exact) mass is 417 g/mol. The molecule has 1 saturated carbocycles. The van der Waals surface area contributed by atoms with Crippen LogP contribution in [-0.4, -0.2) is 56.2 Å². The van der Waals surface area contributed by atoms with Crippen molar-refractivity contribution in [2.75, 3.05) is 16.8 Å². The van der Waals surface area contributed by atoms with Gasteiger partial charge in [-0.05, 0) is 19.3 Å². The smallest absolute Gasteiger partial charge is 0.254 e. The van der Waals surface area contributed by atoms with Crippen molar-refractivity contribution in [3.63, 3.8) is 0 Å². The number of fused-ring (bicyclic) bond motifs is 1. The Labute approximate surface area is 181 Å². The van der Waals surface area contributed by atoms with Crippen LogP contribution in [0.3, 0.4) is 0 Å². The lowest BCUT2D eigenvalue weighted by atomic mass is 9.97. The zero-order chi connectivity index (χ0) is 21.4. The molecule has 2 atom stereocenters. The SMILES string of the molecule is CCC1C(C=O)N(C)c2cnc(-n3ncnc3-c3ccccc3)nc2N1C1CCCC1. The molecular weight excluding hydrogens is 390 g/mol. The number of aromatic nitrogens is 5. The molecule has 3 heterocycles. The van der Waals surface area contributed by atoms with E-state index >= 15 is 0 Å². The Morgan fingerprint density at radius 3 is 2.61 bits per heavy atom. The Balaban J connectivity index is 1.63. The number of carbonyl (C=O) groups excluding carboxylic acids is 1. The minimum Gasteiger partial charge on any atom is -0.359 e. The molecule has 0 bridgehead atoms. The highest BCUT2D eigenvalue weighted by Gasteiger charge is 2.41. The van der Waals surface area contributed by atoms with Crippen molar-refractivity contribution in [2.45, 2.75) is 57.2 Å². The molecule has 1 aliphatic heterocycles. The third-order valence-corrected chi connectivity index (χ3v) is 6.61. The molecule has 0 saturated heterocycles. The van der Waals surface area contributed by atoms with E-state index in [0.29, 0.717) is 17.8 Å². The van der Waals surface area contributed by atoms with Gasteiger partial charge in [0, 0.05) is 18.7 Å². The number of hydrogen-bond donors (Lipinski definition) is 0. The van der Waals surface area contributed by atoms with E-state index in [1.54, 1.807) is 4.68 Å². The molecule has 2 aliphatic rings. The predicted molar refractivity (Wildman–Crippen MR) is 119 cm³/mol. The second-order valence-electron chi connectivity index (χ2n) is 8.30. The third-order valence-electron chi connectivity index (χ3n) is 6.61. The number of rotatable bonds is 5. The van der Waals surface area contributed by atoms with Gasteiger partial charge in [-0.15, -0.1) is 0 Å². The molecule has 0 N–H and O–H groups in total. The lowest BCUT2D eigenvalue weighted by molar-refractivity contribution is -0.109. The summed E-state index contributed by atoms with van der Waals surface area (Å²) in [4.78, 5) is 30.5. The first-order chi connectivity index (χ1) is 15.2. The normalized spacial score (nSPS) is 21.4. The van der Waals surface area contributed by atoms with Crippen molar-refractivity contribution in [3.8, 4) is 17.3 Å². The van der Waals surface area contributed by atoms with E-state index in [1.165, 1.54) is 19.2 Å². The van der Waals surface area contributed by atoms with Gasteiger partial charge in [-0.3, -0.25) is 0 Å². The zero-order valence-corrected chi connectivity index (χ0v) is 17.9. The summed E-state index contributed by atoms with van der Waals surface area (Å²) in [6.07, 6.45) is 9.98. The van der Waals surface area contributed by atoms with Crippen LogP contribution in [0, 0.1) is 0 Å². The molecule has 31 heavy (non-hydrogen) atoms.